The second-order valence-corrected chi connectivity index (χ2v) is 2.11. The highest BCUT2D eigenvalue weighted by Crippen LogP contribution is 2.01. The molecule has 1 aromatic rings. The highest BCUT2D eigenvalue weighted by molar-refractivity contribution is 5.86. The van der Waals surface area contributed by atoms with Gasteiger partial charge in [-0.05, 0) is 18.2 Å². The summed E-state index contributed by atoms with van der Waals surface area (Å²) in [5.41, 5.74) is 0. The van der Waals surface area contributed by atoms with Crippen LogP contribution in [0.3, 0.4) is 0 Å². The van der Waals surface area contributed by atoms with Crippen LogP contribution in [0.25, 0.3) is 6.08 Å². The number of carbonyl (C=O) groups excluding carboxylic acids is 1. The van der Waals surface area contributed by atoms with Crippen molar-refractivity contribution in [2.45, 2.75) is 0 Å². The Morgan fingerprint density at radius 1 is 1.77 bits per heavy atom. The van der Waals surface area contributed by atoms with Gasteiger partial charge in [0.15, 0.2) is 6.61 Å². The Morgan fingerprint density at radius 2 is 2.62 bits per heavy atom. The van der Waals surface area contributed by atoms with Crippen molar-refractivity contribution in [3.8, 4) is 6.07 Å². The summed E-state index contributed by atoms with van der Waals surface area (Å²) < 4.78 is 9.39. The van der Waals surface area contributed by atoms with E-state index in [4.69, 9.17) is 9.68 Å². The molecule has 4 heteroatoms. The summed E-state index contributed by atoms with van der Waals surface area (Å²) in [5.74, 6) is 0.00635. The van der Waals surface area contributed by atoms with Crippen LogP contribution in [0.1, 0.15) is 5.76 Å². The van der Waals surface area contributed by atoms with Crippen LogP contribution in [0.2, 0.25) is 0 Å². The molecule has 1 aromatic heterocycles. The quantitative estimate of drug-likeness (QED) is 0.516. The Morgan fingerprint density at radius 3 is 3.23 bits per heavy atom. The zero-order valence-corrected chi connectivity index (χ0v) is 6.77. The predicted molar refractivity (Wildman–Crippen MR) is 44.3 cm³/mol. The zero-order valence-electron chi connectivity index (χ0n) is 6.77. The second kappa shape index (κ2) is 4.78. The average molecular weight is 177 g/mol. The molecule has 0 saturated heterocycles. The van der Waals surface area contributed by atoms with Crippen molar-refractivity contribution >= 4 is 12.0 Å². The van der Waals surface area contributed by atoms with E-state index >= 15 is 0 Å². The van der Waals surface area contributed by atoms with Crippen LogP contribution in [0.15, 0.2) is 28.9 Å². The number of esters is 1. The number of rotatable bonds is 3. The molecule has 0 aliphatic rings. The summed E-state index contributed by atoms with van der Waals surface area (Å²) in [5, 5.41) is 8.10. The lowest BCUT2D eigenvalue weighted by Gasteiger charge is -1.91. The first-order chi connectivity index (χ1) is 6.33. The Hall–Kier alpha value is -2.02. The van der Waals surface area contributed by atoms with Crippen molar-refractivity contribution < 1.29 is 13.9 Å². The topological polar surface area (TPSA) is 63.2 Å². The van der Waals surface area contributed by atoms with Crippen LogP contribution in [-0.2, 0) is 9.53 Å². The molecule has 0 aromatic carbocycles. The third-order valence-electron chi connectivity index (χ3n) is 1.21. The van der Waals surface area contributed by atoms with E-state index in [1.807, 2.05) is 0 Å². The van der Waals surface area contributed by atoms with Gasteiger partial charge in [-0.25, -0.2) is 4.79 Å². The Kier molecular flexibility index (Phi) is 3.33. The molecule has 0 saturated carbocycles. The minimum Gasteiger partial charge on any atom is -0.465 e. The lowest BCUT2D eigenvalue weighted by molar-refractivity contribution is -0.136. The third kappa shape index (κ3) is 3.25. The van der Waals surface area contributed by atoms with Crippen LogP contribution in [0, 0.1) is 11.3 Å². The summed E-state index contributed by atoms with van der Waals surface area (Å²) in [6, 6.07) is 5.10. The van der Waals surface area contributed by atoms with E-state index in [1.165, 1.54) is 18.4 Å². The first kappa shape index (κ1) is 9.07. The molecule has 0 aliphatic carbocycles. The average Bonchev–Trinajstić information content (AvgIpc) is 2.64. The number of nitrogens with zero attached hydrogens (tertiary/aromatic N) is 1. The van der Waals surface area contributed by atoms with E-state index in [0.717, 1.165) is 0 Å². The van der Waals surface area contributed by atoms with Crippen LogP contribution in [0.5, 0.6) is 0 Å². The molecule has 0 radical (unpaired) electrons. The molecule has 4 nitrogen and oxygen atoms in total. The first-order valence-electron chi connectivity index (χ1n) is 3.58. The maximum absolute atomic E-state index is 10.8. The van der Waals surface area contributed by atoms with E-state index in [2.05, 4.69) is 4.74 Å². The number of ether oxygens (including phenoxy) is 1. The van der Waals surface area contributed by atoms with E-state index in [9.17, 15) is 4.79 Å². The van der Waals surface area contributed by atoms with Crippen molar-refractivity contribution in [2.75, 3.05) is 6.61 Å². The number of furan rings is 1. The van der Waals surface area contributed by atoms with Gasteiger partial charge < -0.3 is 9.15 Å². The monoisotopic (exact) mass is 177 g/mol. The van der Waals surface area contributed by atoms with Crippen molar-refractivity contribution in [3.63, 3.8) is 0 Å². The molecule has 66 valence electrons. The third-order valence-corrected chi connectivity index (χ3v) is 1.21. The van der Waals surface area contributed by atoms with Gasteiger partial charge in [0.25, 0.3) is 0 Å². The molecular formula is C9H7NO3. The van der Waals surface area contributed by atoms with Crippen LogP contribution in [0.4, 0.5) is 0 Å². The highest BCUT2D eigenvalue weighted by atomic mass is 16.5. The normalized spacial score (nSPS) is 9.77. The Balaban J connectivity index is 2.41. The summed E-state index contributed by atoms with van der Waals surface area (Å²) in [7, 11) is 0. The molecule has 0 bridgehead atoms. The molecule has 0 atom stereocenters. The van der Waals surface area contributed by atoms with Crippen molar-refractivity contribution in [3.05, 3.63) is 30.2 Å². The minimum absolute atomic E-state index is 0.235. The zero-order chi connectivity index (χ0) is 9.52. The van der Waals surface area contributed by atoms with Crippen molar-refractivity contribution in [1.82, 2.24) is 0 Å². The smallest absolute Gasteiger partial charge is 0.331 e. The van der Waals surface area contributed by atoms with Gasteiger partial charge in [-0.3, -0.25) is 0 Å². The van der Waals surface area contributed by atoms with Gasteiger partial charge in [0.05, 0.1) is 6.26 Å². The van der Waals surface area contributed by atoms with Gasteiger partial charge in [0.2, 0.25) is 0 Å². The highest BCUT2D eigenvalue weighted by Gasteiger charge is 1.95. The molecule has 1 heterocycles. The van der Waals surface area contributed by atoms with Crippen molar-refractivity contribution in [1.29, 1.82) is 5.26 Å². The second-order valence-electron chi connectivity index (χ2n) is 2.11. The predicted octanol–water partition coefficient (Wildman–Crippen LogP) is 1.36. The van der Waals surface area contributed by atoms with E-state index in [0.29, 0.717) is 5.76 Å². The van der Waals surface area contributed by atoms with E-state index < -0.39 is 5.97 Å². The molecule has 0 amide bonds. The standard InChI is InChI=1S/C9H7NO3/c10-5-7-13-9(11)4-3-8-2-1-6-12-8/h1-4,6H,7H2/b4-3+. The van der Waals surface area contributed by atoms with E-state index in [1.54, 1.807) is 18.2 Å². The number of hydrogen-bond acceptors (Lipinski definition) is 4. The lowest BCUT2D eigenvalue weighted by Crippen LogP contribution is -1.99. The van der Waals surface area contributed by atoms with Crippen LogP contribution in [-0.4, -0.2) is 12.6 Å². The van der Waals surface area contributed by atoms with Gasteiger partial charge >= 0.3 is 5.97 Å². The molecule has 0 aliphatic heterocycles. The first-order valence-corrected chi connectivity index (χ1v) is 3.58. The maximum Gasteiger partial charge on any atom is 0.331 e. The maximum atomic E-state index is 10.8. The molecule has 0 N–H and O–H groups in total. The summed E-state index contributed by atoms with van der Waals surface area (Å²) >= 11 is 0. The van der Waals surface area contributed by atoms with Gasteiger partial charge in [0.1, 0.15) is 11.8 Å². The number of carbonyl (C=O) groups is 1. The van der Waals surface area contributed by atoms with Gasteiger partial charge in [-0.1, -0.05) is 0 Å². The summed E-state index contributed by atoms with van der Waals surface area (Å²) in [6.07, 6.45) is 4.18. The molecule has 0 spiro atoms. The SMILES string of the molecule is N#CCOC(=O)/C=C/c1ccco1. The van der Waals surface area contributed by atoms with Gasteiger partial charge in [0, 0.05) is 6.08 Å². The number of hydrogen-bond donors (Lipinski definition) is 0. The molecule has 13 heavy (non-hydrogen) atoms. The fourth-order valence-corrected chi connectivity index (χ4v) is 0.688. The van der Waals surface area contributed by atoms with Crippen molar-refractivity contribution in [2.24, 2.45) is 0 Å². The minimum atomic E-state index is -0.557. The summed E-state index contributed by atoms with van der Waals surface area (Å²) in [4.78, 5) is 10.8. The van der Waals surface area contributed by atoms with Crippen LogP contribution >= 0.6 is 0 Å². The van der Waals surface area contributed by atoms with Gasteiger partial charge in [-0.15, -0.1) is 0 Å². The molecule has 0 unspecified atom stereocenters. The molecule has 1 rings (SSSR count). The Labute approximate surface area is 75.0 Å². The fourth-order valence-electron chi connectivity index (χ4n) is 0.688. The van der Waals surface area contributed by atoms with Crippen LogP contribution < -0.4 is 0 Å². The fraction of sp³-hybridized carbons (Fsp3) is 0.111. The van der Waals surface area contributed by atoms with Gasteiger partial charge in [-0.2, -0.15) is 5.26 Å². The molecular weight excluding hydrogens is 170 g/mol. The number of nitriles is 1. The summed E-state index contributed by atoms with van der Waals surface area (Å²) in [6.45, 7) is -0.235. The lowest BCUT2D eigenvalue weighted by atomic mass is 10.4. The molecule has 0 fully saturated rings. The Bertz CT molecular complexity index is 332. The largest absolute Gasteiger partial charge is 0.465 e. The van der Waals surface area contributed by atoms with E-state index in [-0.39, 0.29) is 6.61 Å².